The smallest absolute Gasteiger partial charge is 0.141 e. The second-order valence-electron chi connectivity index (χ2n) is 4.74. The van der Waals surface area contributed by atoms with Crippen LogP contribution in [0.2, 0.25) is 0 Å². The normalized spacial score (nSPS) is 14.8. The van der Waals surface area contributed by atoms with Gasteiger partial charge in [-0.3, -0.25) is 4.98 Å². The summed E-state index contributed by atoms with van der Waals surface area (Å²) >= 11 is 0. The molecule has 5 heteroatoms. The molecule has 2 unspecified atom stereocenters. The summed E-state index contributed by atoms with van der Waals surface area (Å²) in [7, 11) is 2.00. The van der Waals surface area contributed by atoms with Gasteiger partial charge in [0.1, 0.15) is 5.82 Å². The molecule has 0 saturated carbocycles. The standard InChI is InChI=1S/C13H22FN3O/c1-10(9-17(2)6-3-7-18)13(15)12-5-4-11(14)8-16-12/h4-5,8,10,13,18H,3,6-7,9,15H2,1-2H3. The highest BCUT2D eigenvalue weighted by Gasteiger charge is 2.17. The number of aliphatic hydroxyl groups is 1. The van der Waals surface area contributed by atoms with Gasteiger partial charge < -0.3 is 15.7 Å². The van der Waals surface area contributed by atoms with E-state index in [4.69, 9.17) is 10.8 Å². The number of hydrogen-bond acceptors (Lipinski definition) is 4. The predicted molar refractivity (Wildman–Crippen MR) is 69.5 cm³/mol. The zero-order valence-electron chi connectivity index (χ0n) is 11.0. The summed E-state index contributed by atoms with van der Waals surface area (Å²) in [5.74, 6) is -0.134. The zero-order valence-corrected chi connectivity index (χ0v) is 11.0. The van der Waals surface area contributed by atoms with Crippen molar-refractivity contribution in [2.75, 3.05) is 26.7 Å². The van der Waals surface area contributed by atoms with Crippen LogP contribution >= 0.6 is 0 Å². The topological polar surface area (TPSA) is 62.4 Å². The summed E-state index contributed by atoms with van der Waals surface area (Å²) in [6.07, 6.45) is 1.95. The molecule has 0 aliphatic carbocycles. The molecular formula is C13H22FN3O. The van der Waals surface area contributed by atoms with Crippen LogP contribution in [0.4, 0.5) is 4.39 Å². The largest absolute Gasteiger partial charge is 0.396 e. The lowest BCUT2D eigenvalue weighted by molar-refractivity contribution is 0.223. The average molecular weight is 255 g/mol. The number of aliphatic hydroxyl groups excluding tert-OH is 1. The zero-order chi connectivity index (χ0) is 13.5. The van der Waals surface area contributed by atoms with Crippen LogP contribution in [0.3, 0.4) is 0 Å². The third-order valence-electron chi connectivity index (χ3n) is 3.00. The summed E-state index contributed by atoms with van der Waals surface area (Å²) in [6, 6.07) is 2.80. The van der Waals surface area contributed by atoms with E-state index in [0.29, 0.717) is 5.69 Å². The van der Waals surface area contributed by atoms with E-state index >= 15 is 0 Å². The Morgan fingerprint density at radius 2 is 2.22 bits per heavy atom. The lowest BCUT2D eigenvalue weighted by Gasteiger charge is -2.25. The summed E-state index contributed by atoms with van der Waals surface area (Å²) < 4.78 is 12.8. The van der Waals surface area contributed by atoms with Crippen LogP contribution in [0.5, 0.6) is 0 Å². The van der Waals surface area contributed by atoms with E-state index in [2.05, 4.69) is 9.88 Å². The number of aromatic nitrogens is 1. The van der Waals surface area contributed by atoms with Crippen LogP contribution < -0.4 is 5.73 Å². The average Bonchev–Trinajstić information content (AvgIpc) is 2.36. The Labute approximate surface area is 108 Å². The first-order valence-electron chi connectivity index (χ1n) is 6.21. The number of nitrogens with two attached hydrogens (primary N) is 1. The molecule has 0 amide bonds. The number of rotatable bonds is 7. The minimum atomic E-state index is -0.348. The number of hydrogen-bond donors (Lipinski definition) is 2. The van der Waals surface area contributed by atoms with Crippen molar-refractivity contribution in [2.24, 2.45) is 11.7 Å². The van der Waals surface area contributed by atoms with Gasteiger partial charge in [-0.05, 0) is 31.5 Å². The van der Waals surface area contributed by atoms with E-state index < -0.39 is 0 Å². The maximum Gasteiger partial charge on any atom is 0.141 e. The first-order valence-corrected chi connectivity index (χ1v) is 6.21. The van der Waals surface area contributed by atoms with Crippen molar-refractivity contribution in [1.82, 2.24) is 9.88 Å². The highest BCUT2D eigenvalue weighted by Crippen LogP contribution is 2.18. The second-order valence-corrected chi connectivity index (χ2v) is 4.74. The molecule has 0 aliphatic heterocycles. The molecule has 0 aliphatic rings. The van der Waals surface area contributed by atoms with Gasteiger partial charge in [0.15, 0.2) is 0 Å². The highest BCUT2D eigenvalue weighted by atomic mass is 19.1. The van der Waals surface area contributed by atoms with E-state index in [1.165, 1.54) is 12.3 Å². The van der Waals surface area contributed by atoms with Gasteiger partial charge in [0, 0.05) is 19.7 Å². The van der Waals surface area contributed by atoms with Gasteiger partial charge in [-0.15, -0.1) is 0 Å². The van der Waals surface area contributed by atoms with Crippen LogP contribution in [-0.2, 0) is 0 Å². The fourth-order valence-corrected chi connectivity index (χ4v) is 1.91. The minimum Gasteiger partial charge on any atom is -0.396 e. The third kappa shape index (κ3) is 4.68. The van der Waals surface area contributed by atoms with Crippen molar-refractivity contribution in [3.63, 3.8) is 0 Å². The fourth-order valence-electron chi connectivity index (χ4n) is 1.91. The Morgan fingerprint density at radius 3 is 2.78 bits per heavy atom. The van der Waals surface area contributed by atoms with Crippen LogP contribution in [0.15, 0.2) is 18.3 Å². The van der Waals surface area contributed by atoms with Crippen molar-refractivity contribution < 1.29 is 9.50 Å². The van der Waals surface area contributed by atoms with Crippen molar-refractivity contribution >= 4 is 0 Å². The summed E-state index contributed by atoms with van der Waals surface area (Å²) in [4.78, 5) is 6.14. The Balaban J connectivity index is 2.50. The summed E-state index contributed by atoms with van der Waals surface area (Å²) in [6.45, 7) is 3.90. The lowest BCUT2D eigenvalue weighted by atomic mass is 9.98. The molecule has 2 atom stereocenters. The molecule has 1 rings (SSSR count). The van der Waals surface area contributed by atoms with Crippen molar-refractivity contribution in [3.8, 4) is 0 Å². The first kappa shape index (κ1) is 15.0. The predicted octanol–water partition coefficient (Wildman–Crippen LogP) is 1.17. The Bertz CT molecular complexity index is 345. The van der Waals surface area contributed by atoms with Gasteiger partial charge in [-0.1, -0.05) is 6.92 Å². The quantitative estimate of drug-likeness (QED) is 0.768. The molecule has 4 nitrogen and oxygen atoms in total. The summed E-state index contributed by atoms with van der Waals surface area (Å²) in [5, 5.41) is 8.77. The molecule has 0 radical (unpaired) electrons. The molecular weight excluding hydrogens is 233 g/mol. The molecule has 1 aromatic heterocycles. The van der Waals surface area contributed by atoms with Crippen molar-refractivity contribution in [3.05, 3.63) is 29.8 Å². The Kier molecular flexibility index (Phi) is 6.18. The fraction of sp³-hybridized carbons (Fsp3) is 0.615. The van der Waals surface area contributed by atoms with E-state index in [0.717, 1.165) is 19.5 Å². The first-order chi connectivity index (χ1) is 8.54. The molecule has 0 fully saturated rings. The Hall–Kier alpha value is -1.04. The van der Waals surface area contributed by atoms with E-state index in [1.807, 2.05) is 14.0 Å². The molecule has 18 heavy (non-hydrogen) atoms. The van der Waals surface area contributed by atoms with Crippen LogP contribution in [-0.4, -0.2) is 41.7 Å². The van der Waals surface area contributed by atoms with Gasteiger partial charge in [-0.2, -0.15) is 0 Å². The molecule has 0 spiro atoms. The highest BCUT2D eigenvalue weighted by molar-refractivity contribution is 5.10. The Morgan fingerprint density at radius 1 is 1.50 bits per heavy atom. The molecule has 3 N–H and O–H groups in total. The number of pyridine rings is 1. The van der Waals surface area contributed by atoms with Crippen LogP contribution in [0.1, 0.15) is 25.1 Å². The van der Waals surface area contributed by atoms with Crippen molar-refractivity contribution in [2.45, 2.75) is 19.4 Å². The second kappa shape index (κ2) is 7.41. The van der Waals surface area contributed by atoms with E-state index in [1.54, 1.807) is 6.07 Å². The van der Waals surface area contributed by atoms with E-state index in [-0.39, 0.29) is 24.4 Å². The van der Waals surface area contributed by atoms with Gasteiger partial charge in [-0.25, -0.2) is 4.39 Å². The molecule has 1 heterocycles. The van der Waals surface area contributed by atoms with Crippen LogP contribution in [0, 0.1) is 11.7 Å². The third-order valence-corrected chi connectivity index (χ3v) is 3.00. The molecule has 0 bridgehead atoms. The van der Waals surface area contributed by atoms with Gasteiger partial charge in [0.25, 0.3) is 0 Å². The monoisotopic (exact) mass is 255 g/mol. The van der Waals surface area contributed by atoms with Gasteiger partial charge in [0.2, 0.25) is 0 Å². The maximum atomic E-state index is 12.8. The van der Waals surface area contributed by atoms with E-state index in [9.17, 15) is 4.39 Å². The minimum absolute atomic E-state index is 0.199. The summed E-state index contributed by atoms with van der Waals surface area (Å²) in [5.41, 5.74) is 6.81. The molecule has 0 saturated heterocycles. The SMILES string of the molecule is CC(CN(C)CCCO)C(N)c1ccc(F)cn1. The van der Waals surface area contributed by atoms with Gasteiger partial charge >= 0.3 is 0 Å². The molecule has 102 valence electrons. The number of nitrogens with zero attached hydrogens (tertiary/aromatic N) is 2. The van der Waals surface area contributed by atoms with Crippen LogP contribution in [0.25, 0.3) is 0 Å². The van der Waals surface area contributed by atoms with Crippen molar-refractivity contribution in [1.29, 1.82) is 0 Å². The number of halogens is 1. The van der Waals surface area contributed by atoms with Gasteiger partial charge in [0.05, 0.1) is 17.9 Å². The molecule has 1 aromatic rings. The lowest BCUT2D eigenvalue weighted by Crippen LogP contribution is -2.32. The molecule has 0 aromatic carbocycles. The maximum absolute atomic E-state index is 12.8.